The lowest BCUT2D eigenvalue weighted by atomic mass is 9.89. The van der Waals surface area contributed by atoms with Crippen LogP contribution in [0.1, 0.15) is 70.9 Å². The summed E-state index contributed by atoms with van der Waals surface area (Å²) in [6.07, 6.45) is 10.2. The van der Waals surface area contributed by atoms with Gasteiger partial charge in [0.2, 0.25) is 0 Å². The van der Waals surface area contributed by atoms with Gasteiger partial charge in [0, 0.05) is 6.54 Å². The summed E-state index contributed by atoms with van der Waals surface area (Å²) in [5, 5.41) is 16.1. The fraction of sp³-hybridized carbons (Fsp3) is 0.812. The smallest absolute Gasteiger partial charge is 0.108 e. The lowest BCUT2D eigenvalue weighted by molar-refractivity contribution is 0.0108. The van der Waals surface area contributed by atoms with Crippen molar-refractivity contribution in [3.63, 3.8) is 0 Å². The van der Waals surface area contributed by atoms with Gasteiger partial charge in [-0.25, -0.2) is 0 Å². The average Bonchev–Trinajstić information content (AvgIpc) is 2.67. The van der Waals surface area contributed by atoms with Crippen LogP contribution in [0.25, 0.3) is 0 Å². The predicted octanol–water partition coefficient (Wildman–Crippen LogP) is 4.51. The van der Waals surface area contributed by atoms with Crippen LogP contribution in [0.2, 0.25) is 5.02 Å². The van der Waals surface area contributed by atoms with Gasteiger partial charge in [-0.05, 0) is 38.0 Å². The van der Waals surface area contributed by atoms with Crippen molar-refractivity contribution in [3.05, 3.63) is 16.9 Å². The van der Waals surface area contributed by atoms with Gasteiger partial charge >= 0.3 is 0 Å². The van der Waals surface area contributed by atoms with Gasteiger partial charge in [-0.1, -0.05) is 44.7 Å². The van der Waals surface area contributed by atoms with E-state index in [2.05, 4.69) is 18.9 Å². The Balaban J connectivity index is 2.19. The van der Waals surface area contributed by atoms with E-state index in [0.717, 1.165) is 50.3 Å². The monoisotopic (exact) mass is 298 g/mol. The minimum absolute atomic E-state index is 0.620. The van der Waals surface area contributed by atoms with E-state index in [1.807, 2.05) is 4.68 Å². The van der Waals surface area contributed by atoms with E-state index in [9.17, 15) is 5.11 Å². The van der Waals surface area contributed by atoms with Crippen molar-refractivity contribution in [2.45, 2.75) is 77.4 Å². The second-order valence-corrected chi connectivity index (χ2v) is 6.59. The van der Waals surface area contributed by atoms with Crippen LogP contribution in [0.5, 0.6) is 0 Å². The van der Waals surface area contributed by atoms with Crippen LogP contribution in [0, 0.1) is 5.92 Å². The Kier molecular flexibility index (Phi) is 5.50. The molecule has 1 heterocycles. The molecular formula is C16H27ClN2O. The van der Waals surface area contributed by atoms with Crippen molar-refractivity contribution in [1.29, 1.82) is 0 Å². The summed E-state index contributed by atoms with van der Waals surface area (Å²) in [5.41, 5.74) is 0.0591. The Morgan fingerprint density at radius 1 is 1.35 bits per heavy atom. The van der Waals surface area contributed by atoms with E-state index >= 15 is 0 Å². The van der Waals surface area contributed by atoms with E-state index in [1.54, 1.807) is 6.20 Å². The van der Waals surface area contributed by atoms with Crippen molar-refractivity contribution >= 4 is 11.6 Å². The van der Waals surface area contributed by atoms with Gasteiger partial charge in [0.1, 0.15) is 5.60 Å². The van der Waals surface area contributed by atoms with Crippen LogP contribution >= 0.6 is 11.6 Å². The molecule has 1 aromatic heterocycles. The maximum absolute atomic E-state index is 11.1. The lowest BCUT2D eigenvalue weighted by Gasteiger charge is -2.28. The number of hydrogen-bond acceptors (Lipinski definition) is 2. The zero-order valence-corrected chi connectivity index (χ0v) is 13.5. The first kappa shape index (κ1) is 15.8. The summed E-state index contributed by atoms with van der Waals surface area (Å²) in [6.45, 7) is 5.18. The zero-order chi connectivity index (χ0) is 14.6. The summed E-state index contributed by atoms with van der Waals surface area (Å²) >= 11 is 6.31. The molecule has 0 aromatic carbocycles. The fourth-order valence-corrected chi connectivity index (χ4v) is 3.85. The molecule has 2 rings (SSSR count). The maximum Gasteiger partial charge on any atom is 0.108 e. The third kappa shape index (κ3) is 3.37. The molecule has 4 heteroatoms. The number of hydrogen-bond donors (Lipinski definition) is 1. The number of aliphatic hydroxyl groups is 1. The molecule has 0 radical (unpaired) electrons. The van der Waals surface area contributed by atoms with Gasteiger partial charge < -0.3 is 5.11 Å². The molecule has 20 heavy (non-hydrogen) atoms. The number of halogens is 1. The van der Waals surface area contributed by atoms with Gasteiger partial charge in [-0.15, -0.1) is 0 Å². The van der Waals surface area contributed by atoms with Crippen LogP contribution in [0.3, 0.4) is 0 Å². The molecule has 3 nitrogen and oxygen atoms in total. The highest BCUT2D eigenvalue weighted by atomic mass is 35.5. The Hall–Kier alpha value is -0.540. The molecule has 0 spiro atoms. The first-order chi connectivity index (χ1) is 9.60. The van der Waals surface area contributed by atoms with Crippen molar-refractivity contribution in [2.24, 2.45) is 5.92 Å². The van der Waals surface area contributed by atoms with Gasteiger partial charge in [0.05, 0.1) is 16.9 Å². The number of aromatic nitrogens is 2. The largest absolute Gasteiger partial charge is 0.384 e. The normalized spacial score (nSPS) is 27.5. The fourth-order valence-electron chi connectivity index (χ4n) is 3.54. The Morgan fingerprint density at radius 3 is 2.85 bits per heavy atom. The first-order valence-electron chi connectivity index (χ1n) is 8.05. The Bertz CT molecular complexity index is 432. The number of aryl methyl sites for hydroxylation is 1. The van der Waals surface area contributed by atoms with Crippen LogP contribution in [-0.2, 0) is 12.1 Å². The quantitative estimate of drug-likeness (QED) is 0.812. The van der Waals surface area contributed by atoms with Gasteiger partial charge in [-0.2, -0.15) is 5.10 Å². The molecule has 0 saturated heterocycles. The highest BCUT2D eigenvalue weighted by Crippen LogP contribution is 2.41. The highest BCUT2D eigenvalue weighted by Gasteiger charge is 2.37. The van der Waals surface area contributed by atoms with E-state index < -0.39 is 5.60 Å². The molecule has 1 aromatic rings. The van der Waals surface area contributed by atoms with Crippen LogP contribution in [-0.4, -0.2) is 14.9 Å². The van der Waals surface area contributed by atoms with Crippen LogP contribution in [0.4, 0.5) is 0 Å². The second kappa shape index (κ2) is 6.95. The summed E-state index contributed by atoms with van der Waals surface area (Å²) in [5.74, 6) is 0.760. The van der Waals surface area contributed by atoms with E-state index in [0.29, 0.717) is 5.02 Å². The molecule has 1 N–H and O–H groups in total. The zero-order valence-electron chi connectivity index (χ0n) is 12.7. The molecule has 1 fully saturated rings. The van der Waals surface area contributed by atoms with Crippen molar-refractivity contribution in [2.75, 3.05) is 0 Å². The van der Waals surface area contributed by atoms with Gasteiger partial charge in [-0.3, -0.25) is 4.68 Å². The van der Waals surface area contributed by atoms with Crippen molar-refractivity contribution < 1.29 is 5.11 Å². The van der Waals surface area contributed by atoms with E-state index in [-0.39, 0.29) is 0 Å². The standard InChI is InChI=1S/C16H27ClN2O/c1-3-6-13-7-5-9-16(20,10-8-13)15-14(17)12-18-19(15)11-4-2/h12-13,20H,3-11H2,1-2H3. The minimum atomic E-state index is -0.786. The highest BCUT2D eigenvalue weighted by molar-refractivity contribution is 6.31. The molecule has 114 valence electrons. The summed E-state index contributed by atoms with van der Waals surface area (Å²) < 4.78 is 1.91. The summed E-state index contributed by atoms with van der Waals surface area (Å²) in [7, 11) is 0. The third-order valence-electron chi connectivity index (χ3n) is 4.54. The molecule has 1 saturated carbocycles. The molecule has 0 amide bonds. The van der Waals surface area contributed by atoms with Gasteiger partial charge in [0.25, 0.3) is 0 Å². The Labute approximate surface area is 127 Å². The van der Waals surface area contributed by atoms with E-state index in [1.165, 1.54) is 19.3 Å². The molecule has 0 bridgehead atoms. The molecule has 1 aliphatic carbocycles. The third-order valence-corrected chi connectivity index (χ3v) is 4.81. The molecular weight excluding hydrogens is 272 g/mol. The minimum Gasteiger partial charge on any atom is -0.384 e. The van der Waals surface area contributed by atoms with Crippen molar-refractivity contribution in [1.82, 2.24) is 9.78 Å². The topological polar surface area (TPSA) is 38.1 Å². The van der Waals surface area contributed by atoms with Crippen molar-refractivity contribution in [3.8, 4) is 0 Å². The molecule has 2 unspecified atom stereocenters. The first-order valence-corrected chi connectivity index (χ1v) is 8.42. The predicted molar refractivity (Wildman–Crippen MR) is 82.9 cm³/mol. The molecule has 1 aliphatic rings. The SMILES string of the molecule is CCCC1CCCC(O)(c2c(Cl)cnn2CCC)CC1. The number of rotatable bonds is 5. The Morgan fingerprint density at radius 2 is 2.15 bits per heavy atom. The number of nitrogens with zero attached hydrogens (tertiary/aromatic N) is 2. The average molecular weight is 299 g/mol. The van der Waals surface area contributed by atoms with Crippen LogP contribution < -0.4 is 0 Å². The van der Waals surface area contributed by atoms with E-state index in [4.69, 9.17) is 11.6 Å². The lowest BCUT2D eigenvalue weighted by Crippen LogP contribution is -2.29. The van der Waals surface area contributed by atoms with Crippen LogP contribution in [0.15, 0.2) is 6.20 Å². The van der Waals surface area contributed by atoms with Gasteiger partial charge in [0.15, 0.2) is 0 Å². The summed E-state index contributed by atoms with van der Waals surface area (Å²) in [6, 6.07) is 0. The maximum atomic E-state index is 11.1. The molecule has 0 aliphatic heterocycles. The second-order valence-electron chi connectivity index (χ2n) is 6.18. The molecule has 2 atom stereocenters. The summed E-state index contributed by atoms with van der Waals surface area (Å²) in [4.78, 5) is 0.